The zero-order chi connectivity index (χ0) is 13.1. The van der Waals surface area contributed by atoms with E-state index in [1.54, 1.807) is 12.1 Å². The van der Waals surface area contributed by atoms with Crippen LogP contribution in [0.25, 0.3) is 0 Å². The standard InChI is InChI=1S/C14H11F2NO/c15-11-6-2-1-4-9(11)8-13(18)10-5-3-7-12(16)14(10)17/h1-7H,8,17H2. The number of hydrogen-bond acceptors (Lipinski definition) is 2. The molecule has 2 aromatic rings. The minimum Gasteiger partial charge on any atom is -0.396 e. The number of anilines is 1. The van der Waals surface area contributed by atoms with Gasteiger partial charge in [0.25, 0.3) is 0 Å². The molecule has 2 N–H and O–H groups in total. The van der Waals surface area contributed by atoms with Crippen LogP contribution in [0.4, 0.5) is 14.5 Å². The van der Waals surface area contributed by atoms with Gasteiger partial charge in [-0.3, -0.25) is 4.79 Å². The first-order valence-electron chi connectivity index (χ1n) is 5.40. The highest BCUT2D eigenvalue weighted by Crippen LogP contribution is 2.18. The Balaban J connectivity index is 2.28. The van der Waals surface area contributed by atoms with Crippen molar-refractivity contribution < 1.29 is 13.6 Å². The van der Waals surface area contributed by atoms with Crippen molar-refractivity contribution in [3.8, 4) is 0 Å². The zero-order valence-corrected chi connectivity index (χ0v) is 9.49. The topological polar surface area (TPSA) is 43.1 Å². The van der Waals surface area contributed by atoms with Crippen LogP contribution in [0.1, 0.15) is 15.9 Å². The second-order valence-corrected chi connectivity index (χ2v) is 3.89. The first-order valence-corrected chi connectivity index (χ1v) is 5.40. The lowest BCUT2D eigenvalue weighted by Gasteiger charge is -2.06. The van der Waals surface area contributed by atoms with E-state index in [2.05, 4.69) is 0 Å². The quantitative estimate of drug-likeness (QED) is 0.669. The van der Waals surface area contributed by atoms with Gasteiger partial charge in [-0.15, -0.1) is 0 Å². The average Bonchev–Trinajstić information content (AvgIpc) is 2.35. The lowest BCUT2D eigenvalue weighted by atomic mass is 10.0. The third kappa shape index (κ3) is 2.37. The minimum absolute atomic E-state index is 0.0817. The van der Waals surface area contributed by atoms with E-state index in [0.29, 0.717) is 0 Å². The van der Waals surface area contributed by atoms with Gasteiger partial charge < -0.3 is 5.73 Å². The average molecular weight is 247 g/mol. The van der Waals surface area contributed by atoms with Gasteiger partial charge in [0, 0.05) is 12.0 Å². The summed E-state index contributed by atoms with van der Waals surface area (Å²) in [5.74, 6) is -1.51. The molecule has 0 saturated carbocycles. The molecule has 0 heterocycles. The summed E-state index contributed by atoms with van der Waals surface area (Å²) in [5, 5.41) is 0. The highest BCUT2D eigenvalue weighted by atomic mass is 19.1. The summed E-state index contributed by atoms with van der Waals surface area (Å²) >= 11 is 0. The smallest absolute Gasteiger partial charge is 0.169 e. The summed E-state index contributed by atoms with van der Waals surface area (Å²) in [5.41, 5.74) is 5.64. The molecule has 0 unspecified atom stereocenters. The van der Waals surface area contributed by atoms with Crippen LogP contribution in [0.5, 0.6) is 0 Å². The second kappa shape index (κ2) is 4.96. The molecule has 0 aliphatic rings. The Kier molecular flexibility index (Phi) is 3.37. The molecule has 2 rings (SSSR count). The van der Waals surface area contributed by atoms with Crippen molar-refractivity contribution in [3.63, 3.8) is 0 Å². The van der Waals surface area contributed by atoms with Crippen LogP contribution >= 0.6 is 0 Å². The highest BCUT2D eigenvalue weighted by molar-refractivity contribution is 6.02. The molecule has 0 radical (unpaired) electrons. The number of nitrogen functional groups attached to an aromatic ring is 1. The third-order valence-electron chi connectivity index (χ3n) is 2.66. The van der Waals surface area contributed by atoms with E-state index in [4.69, 9.17) is 5.73 Å². The molecule has 0 amide bonds. The maximum Gasteiger partial charge on any atom is 0.169 e. The van der Waals surface area contributed by atoms with Crippen molar-refractivity contribution in [3.05, 3.63) is 65.2 Å². The Morgan fingerprint density at radius 2 is 1.67 bits per heavy atom. The third-order valence-corrected chi connectivity index (χ3v) is 2.66. The van der Waals surface area contributed by atoms with Gasteiger partial charge in [-0.2, -0.15) is 0 Å². The Morgan fingerprint density at radius 1 is 1.00 bits per heavy atom. The number of rotatable bonds is 3. The number of benzene rings is 2. The first-order chi connectivity index (χ1) is 8.59. The molecular weight excluding hydrogens is 236 g/mol. The number of carbonyl (C=O) groups excluding carboxylic acids is 1. The SMILES string of the molecule is Nc1c(F)cccc1C(=O)Cc1ccccc1F. The molecular formula is C14H11F2NO. The molecule has 0 atom stereocenters. The summed E-state index contributed by atoms with van der Waals surface area (Å²) in [6.07, 6.45) is -0.139. The number of para-hydroxylation sites is 1. The number of ketones is 1. The van der Waals surface area contributed by atoms with Crippen LogP contribution < -0.4 is 5.73 Å². The van der Waals surface area contributed by atoms with E-state index in [-0.39, 0.29) is 23.2 Å². The predicted octanol–water partition coefficient (Wildman–Crippen LogP) is 2.97. The van der Waals surface area contributed by atoms with Crippen LogP contribution in [0.2, 0.25) is 0 Å². The molecule has 4 heteroatoms. The number of Topliss-reactive ketones (excluding diaryl/α,β-unsaturated/α-hetero) is 1. The molecule has 0 spiro atoms. The molecule has 0 aliphatic carbocycles. The monoisotopic (exact) mass is 247 g/mol. The van der Waals surface area contributed by atoms with Crippen molar-refractivity contribution in [2.24, 2.45) is 0 Å². The molecule has 92 valence electrons. The number of nitrogens with two attached hydrogens (primary N) is 1. The Morgan fingerprint density at radius 3 is 2.39 bits per heavy atom. The van der Waals surface area contributed by atoms with E-state index in [9.17, 15) is 13.6 Å². The van der Waals surface area contributed by atoms with Crippen LogP contribution in [0, 0.1) is 11.6 Å². The van der Waals surface area contributed by atoms with Crippen LogP contribution in [0.3, 0.4) is 0 Å². The normalized spacial score (nSPS) is 10.3. The Hall–Kier alpha value is -2.23. The molecule has 2 nitrogen and oxygen atoms in total. The summed E-state index contributed by atoms with van der Waals surface area (Å²) in [4.78, 5) is 11.9. The van der Waals surface area contributed by atoms with Gasteiger partial charge in [0.05, 0.1) is 5.69 Å². The fourth-order valence-corrected chi connectivity index (χ4v) is 1.69. The molecule has 0 aliphatic heterocycles. The summed E-state index contributed by atoms with van der Waals surface area (Å²) in [6, 6.07) is 9.98. The van der Waals surface area contributed by atoms with Crippen LogP contribution in [0.15, 0.2) is 42.5 Å². The number of carbonyl (C=O) groups is 1. The van der Waals surface area contributed by atoms with Crippen molar-refractivity contribution >= 4 is 11.5 Å². The van der Waals surface area contributed by atoms with E-state index >= 15 is 0 Å². The summed E-state index contributed by atoms with van der Waals surface area (Å²) in [6.45, 7) is 0. The molecule has 0 bridgehead atoms. The first kappa shape index (κ1) is 12.2. The van der Waals surface area contributed by atoms with Gasteiger partial charge in [-0.05, 0) is 23.8 Å². The Bertz CT molecular complexity index is 596. The molecule has 0 fully saturated rings. The van der Waals surface area contributed by atoms with E-state index < -0.39 is 17.4 Å². The van der Waals surface area contributed by atoms with E-state index in [1.807, 2.05) is 0 Å². The predicted molar refractivity (Wildman–Crippen MR) is 65.2 cm³/mol. The summed E-state index contributed by atoms with van der Waals surface area (Å²) in [7, 11) is 0. The molecule has 2 aromatic carbocycles. The second-order valence-electron chi connectivity index (χ2n) is 3.89. The maximum atomic E-state index is 13.4. The fraction of sp³-hybridized carbons (Fsp3) is 0.0714. The van der Waals surface area contributed by atoms with Crippen molar-refractivity contribution in [1.29, 1.82) is 0 Å². The fourth-order valence-electron chi connectivity index (χ4n) is 1.69. The van der Waals surface area contributed by atoms with Gasteiger partial charge in [-0.1, -0.05) is 24.3 Å². The molecule has 0 aromatic heterocycles. The van der Waals surface area contributed by atoms with Gasteiger partial charge in [-0.25, -0.2) is 8.78 Å². The largest absolute Gasteiger partial charge is 0.396 e. The van der Waals surface area contributed by atoms with Crippen LogP contribution in [-0.4, -0.2) is 5.78 Å². The van der Waals surface area contributed by atoms with E-state index in [1.165, 1.54) is 30.3 Å². The van der Waals surface area contributed by atoms with Crippen molar-refractivity contribution in [2.45, 2.75) is 6.42 Å². The lowest BCUT2D eigenvalue weighted by Crippen LogP contribution is -2.09. The highest BCUT2D eigenvalue weighted by Gasteiger charge is 2.14. The lowest BCUT2D eigenvalue weighted by molar-refractivity contribution is 0.0992. The van der Waals surface area contributed by atoms with Crippen molar-refractivity contribution in [2.75, 3.05) is 5.73 Å². The maximum absolute atomic E-state index is 13.4. The van der Waals surface area contributed by atoms with Gasteiger partial charge in [0.2, 0.25) is 0 Å². The molecule has 18 heavy (non-hydrogen) atoms. The number of halogens is 2. The minimum atomic E-state index is -0.644. The van der Waals surface area contributed by atoms with Gasteiger partial charge in [0.15, 0.2) is 5.78 Å². The van der Waals surface area contributed by atoms with Gasteiger partial charge >= 0.3 is 0 Å². The van der Waals surface area contributed by atoms with Crippen molar-refractivity contribution in [1.82, 2.24) is 0 Å². The zero-order valence-electron chi connectivity index (χ0n) is 9.49. The number of hydrogen-bond donors (Lipinski definition) is 1. The summed E-state index contributed by atoms with van der Waals surface area (Å²) < 4.78 is 26.6. The van der Waals surface area contributed by atoms with E-state index in [0.717, 1.165) is 0 Å². The van der Waals surface area contributed by atoms with Crippen LogP contribution in [-0.2, 0) is 6.42 Å². The molecule has 0 saturated heterocycles. The Labute approximate surface area is 103 Å². The van der Waals surface area contributed by atoms with Gasteiger partial charge in [0.1, 0.15) is 11.6 Å².